The molecule has 0 spiro atoms. The highest BCUT2D eigenvalue weighted by atomic mass is 16.6. The van der Waals surface area contributed by atoms with E-state index in [4.69, 9.17) is 9.47 Å². The van der Waals surface area contributed by atoms with Gasteiger partial charge in [0.25, 0.3) is 0 Å². The van der Waals surface area contributed by atoms with Crippen molar-refractivity contribution in [2.45, 2.75) is 46.5 Å². The first-order chi connectivity index (χ1) is 10.5. The molecule has 0 bridgehead atoms. The molecule has 126 valence electrons. The average molecular weight is 315 g/mol. The van der Waals surface area contributed by atoms with Gasteiger partial charge in [-0.1, -0.05) is 6.42 Å². The second-order valence-corrected chi connectivity index (χ2v) is 4.43. The Bertz CT molecular complexity index is 374. The van der Waals surface area contributed by atoms with Gasteiger partial charge in [-0.25, -0.2) is 9.59 Å². The standard InChI is InChI=1S/C14H25N3O5/c1-4-21-13(19)16-12(17-14(20)22-5-2)15-10-8-6-7-9-11(3)18/h4-10H2,1-3H3,(H2,15,16,17,19,20). The van der Waals surface area contributed by atoms with Crippen molar-refractivity contribution in [1.29, 1.82) is 0 Å². The number of ketones is 1. The van der Waals surface area contributed by atoms with Crippen LogP contribution in [0.3, 0.4) is 0 Å². The van der Waals surface area contributed by atoms with Crippen LogP contribution in [0.1, 0.15) is 46.5 Å². The molecule has 0 saturated carbocycles. The molecule has 0 aliphatic carbocycles. The Morgan fingerprint density at radius 2 is 1.45 bits per heavy atom. The zero-order valence-electron chi connectivity index (χ0n) is 13.4. The van der Waals surface area contributed by atoms with Crippen molar-refractivity contribution in [3.05, 3.63) is 0 Å². The van der Waals surface area contributed by atoms with Crippen LogP contribution in [0.25, 0.3) is 0 Å². The Morgan fingerprint density at radius 1 is 0.909 bits per heavy atom. The van der Waals surface area contributed by atoms with Gasteiger partial charge in [0.05, 0.1) is 13.2 Å². The van der Waals surface area contributed by atoms with E-state index in [-0.39, 0.29) is 25.0 Å². The van der Waals surface area contributed by atoms with Crippen molar-refractivity contribution >= 4 is 23.9 Å². The first-order valence-corrected chi connectivity index (χ1v) is 7.41. The molecule has 0 heterocycles. The topological polar surface area (TPSA) is 106 Å². The van der Waals surface area contributed by atoms with Gasteiger partial charge < -0.3 is 14.3 Å². The van der Waals surface area contributed by atoms with E-state index in [1.165, 1.54) is 0 Å². The van der Waals surface area contributed by atoms with Crippen LogP contribution in [-0.4, -0.2) is 43.7 Å². The summed E-state index contributed by atoms with van der Waals surface area (Å²) in [7, 11) is 0. The van der Waals surface area contributed by atoms with Crippen LogP contribution in [0.5, 0.6) is 0 Å². The number of hydrogen-bond acceptors (Lipinski definition) is 6. The molecule has 0 radical (unpaired) electrons. The number of nitrogens with one attached hydrogen (secondary N) is 2. The molecule has 2 N–H and O–H groups in total. The van der Waals surface area contributed by atoms with Gasteiger partial charge in [-0.05, 0) is 33.6 Å². The minimum atomic E-state index is -0.699. The van der Waals surface area contributed by atoms with Gasteiger partial charge in [0.1, 0.15) is 5.78 Å². The van der Waals surface area contributed by atoms with E-state index in [9.17, 15) is 14.4 Å². The monoisotopic (exact) mass is 315 g/mol. The molecule has 0 aliphatic rings. The summed E-state index contributed by atoms with van der Waals surface area (Å²) in [6, 6.07) is 0. The van der Waals surface area contributed by atoms with E-state index in [0.717, 1.165) is 19.3 Å². The van der Waals surface area contributed by atoms with Crippen molar-refractivity contribution in [3.8, 4) is 0 Å². The van der Waals surface area contributed by atoms with Crippen molar-refractivity contribution in [1.82, 2.24) is 10.6 Å². The fourth-order valence-electron chi connectivity index (χ4n) is 1.49. The molecular formula is C14H25N3O5. The van der Waals surface area contributed by atoms with E-state index >= 15 is 0 Å². The summed E-state index contributed by atoms with van der Waals surface area (Å²) in [5.41, 5.74) is 0. The lowest BCUT2D eigenvalue weighted by molar-refractivity contribution is -0.117. The van der Waals surface area contributed by atoms with Crippen LogP contribution in [0.2, 0.25) is 0 Å². The summed E-state index contributed by atoms with van der Waals surface area (Å²) in [5, 5.41) is 4.68. The molecule has 0 aliphatic heterocycles. The number of hydrogen-bond donors (Lipinski definition) is 2. The molecular weight excluding hydrogens is 290 g/mol. The number of carbonyl (C=O) groups excluding carboxylic acids is 3. The second kappa shape index (κ2) is 12.6. The van der Waals surface area contributed by atoms with Gasteiger partial charge in [-0.3, -0.25) is 15.6 Å². The van der Waals surface area contributed by atoms with Crippen LogP contribution in [0, 0.1) is 0 Å². The number of Topliss-reactive ketones (excluding diaryl/α,β-unsaturated/α-hetero) is 1. The van der Waals surface area contributed by atoms with E-state index in [2.05, 4.69) is 15.6 Å². The minimum absolute atomic E-state index is 0.0107. The van der Waals surface area contributed by atoms with Gasteiger partial charge in [0, 0.05) is 13.0 Å². The SMILES string of the molecule is CCOC(=O)NC(=NCCCCCC(C)=O)NC(=O)OCC. The lowest BCUT2D eigenvalue weighted by Gasteiger charge is -2.10. The van der Waals surface area contributed by atoms with Crippen molar-refractivity contribution < 1.29 is 23.9 Å². The lowest BCUT2D eigenvalue weighted by Crippen LogP contribution is -2.44. The first kappa shape index (κ1) is 19.9. The largest absolute Gasteiger partial charge is 0.450 e. The highest BCUT2D eigenvalue weighted by Crippen LogP contribution is 2.00. The number of alkyl carbamates (subject to hydrolysis) is 2. The summed E-state index contributed by atoms with van der Waals surface area (Å²) in [5.74, 6) is 0.153. The molecule has 0 aromatic carbocycles. The maximum Gasteiger partial charge on any atom is 0.413 e. The molecule has 8 nitrogen and oxygen atoms in total. The zero-order valence-corrected chi connectivity index (χ0v) is 13.4. The Balaban J connectivity index is 4.30. The molecule has 0 saturated heterocycles. The van der Waals surface area contributed by atoms with Crippen LogP contribution >= 0.6 is 0 Å². The summed E-state index contributed by atoms with van der Waals surface area (Å²) < 4.78 is 9.45. The number of aliphatic imine (C=N–C) groups is 1. The highest BCUT2D eigenvalue weighted by molar-refractivity contribution is 6.01. The fraction of sp³-hybridized carbons (Fsp3) is 0.714. The Hall–Kier alpha value is -2.12. The lowest BCUT2D eigenvalue weighted by atomic mass is 10.1. The van der Waals surface area contributed by atoms with E-state index in [1.807, 2.05) is 0 Å². The van der Waals surface area contributed by atoms with Crippen LogP contribution < -0.4 is 10.6 Å². The number of ether oxygens (including phenoxy) is 2. The summed E-state index contributed by atoms with van der Waals surface area (Å²) >= 11 is 0. The third kappa shape index (κ3) is 11.7. The number of amides is 2. The van der Waals surface area contributed by atoms with Crippen molar-refractivity contribution in [3.63, 3.8) is 0 Å². The molecule has 0 aromatic heterocycles. The second-order valence-electron chi connectivity index (χ2n) is 4.43. The average Bonchev–Trinajstić information content (AvgIpc) is 2.42. The maximum atomic E-state index is 11.4. The van der Waals surface area contributed by atoms with Crippen molar-refractivity contribution in [2.75, 3.05) is 19.8 Å². The first-order valence-electron chi connectivity index (χ1n) is 7.41. The molecule has 8 heteroatoms. The van der Waals surface area contributed by atoms with Crippen LogP contribution in [-0.2, 0) is 14.3 Å². The third-order valence-electron chi connectivity index (χ3n) is 2.45. The number of unbranched alkanes of at least 4 members (excludes halogenated alkanes) is 2. The number of guanidine groups is 1. The Morgan fingerprint density at radius 3 is 1.91 bits per heavy atom. The smallest absolute Gasteiger partial charge is 0.413 e. The van der Waals surface area contributed by atoms with E-state index in [0.29, 0.717) is 13.0 Å². The summed E-state index contributed by atoms with van der Waals surface area (Å²) in [6.07, 6.45) is 1.54. The van der Waals surface area contributed by atoms with Crippen LogP contribution in [0.4, 0.5) is 9.59 Å². The molecule has 0 atom stereocenters. The zero-order chi connectivity index (χ0) is 16.8. The van der Waals surface area contributed by atoms with E-state index < -0.39 is 12.2 Å². The van der Waals surface area contributed by atoms with E-state index in [1.54, 1.807) is 20.8 Å². The van der Waals surface area contributed by atoms with Gasteiger partial charge in [-0.15, -0.1) is 0 Å². The van der Waals surface area contributed by atoms with Crippen LogP contribution in [0.15, 0.2) is 4.99 Å². The number of carbonyl (C=O) groups is 3. The normalized spacial score (nSPS) is 9.59. The number of rotatable bonds is 8. The Kier molecular flexibility index (Phi) is 11.4. The quantitative estimate of drug-likeness (QED) is 0.405. The minimum Gasteiger partial charge on any atom is -0.450 e. The van der Waals surface area contributed by atoms with Gasteiger partial charge in [-0.2, -0.15) is 0 Å². The third-order valence-corrected chi connectivity index (χ3v) is 2.45. The Labute approximate surface area is 130 Å². The molecule has 0 fully saturated rings. The predicted molar refractivity (Wildman–Crippen MR) is 81.8 cm³/mol. The van der Waals surface area contributed by atoms with Gasteiger partial charge >= 0.3 is 12.2 Å². The molecule has 2 amide bonds. The maximum absolute atomic E-state index is 11.4. The van der Waals surface area contributed by atoms with Crippen molar-refractivity contribution in [2.24, 2.45) is 4.99 Å². The summed E-state index contributed by atoms with van der Waals surface area (Å²) in [4.78, 5) is 37.6. The molecule has 0 aromatic rings. The van der Waals surface area contributed by atoms with Gasteiger partial charge in [0.2, 0.25) is 5.96 Å². The highest BCUT2D eigenvalue weighted by Gasteiger charge is 2.10. The number of nitrogens with zero attached hydrogens (tertiary/aromatic N) is 1. The van der Waals surface area contributed by atoms with Gasteiger partial charge in [0.15, 0.2) is 0 Å². The molecule has 22 heavy (non-hydrogen) atoms. The summed E-state index contributed by atoms with van der Waals surface area (Å²) in [6.45, 7) is 5.73. The predicted octanol–water partition coefficient (Wildman–Crippen LogP) is 1.98. The molecule has 0 unspecified atom stereocenters. The molecule has 0 rings (SSSR count). The fourth-order valence-corrected chi connectivity index (χ4v) is 1.49.